The molecule has 0 atom stereocenters. The van der Waals surface area contributed by atoms with E-state index in [1.165, 1.54) is 6.20 Å². The van der Waals surface area contributed by atoms with E-state index in [9.17, 15) is 10.1 Å². The van der Waals surface area contributed by atoms with Crippen LogP contribution < -0.4 is 10.6 Å². The van der Waals surface area contributed by atoms with Crippen LogP contribution in [0.4, 0.5) is 23.1 Å². The Morgan fingerprint density at radius 3 is 2.72 bits per heavy atom. The number of nitrogens with one attached hydrogen (secondary N) is 3. The fourth-order valence-corrected chi connectivity index (χ4v) is 2.23. The predicted octanol–water partition coefficient (Wildman–Crippen LogP) is 3.16. The van der Waals surface area contributed by atoms with E-state index in [-0.39, 0.29) is 17.5 Å². The molecule has 0 saturated heterocycles. The summed E-state index contributed by atoms with van der Waals surface area (Å²) >= 11 is 5.84. The zero-order valence-electron chi connectivity index (χ0n) is 12.9. The third-order valence-electron chi connectivity index (χ3n) is 3.33. The Kier molecular flexibility index (Phi) is 5.05. The average Bonchev–Trinajstić information content (AvgIpc) is 3.10. The third kappa shape index (κ3) is 4.42. The lowest BCUT2D eigenvalue weighted by Crippen LogP contribution is -2.10. The van der Waals surface area contributed by atoms with E-state index in [1.54, 1.807) is 36.7 Å². The number of nitrogens with zero attached hydrogens (tertiary/aromatic N) is 4. The second kappa shape index (κ2) is 7.58. The van der Waals surface area contributed by atoms with Crippen LogP contribution in [0, 0.1) is 10.1 Å². The van der Waals surface area contributed by atoms with Crippen LogP contribution in [0.1, 0.15) is 5.56 Å². The van der Waals surface area contributed by atoms with E-state index in [0.29, 0.717) is 18.0 Å². The second-order valence-electron chi connectivity index (χ2n) is 5.10. The highest BCUT2D eigenvalue weighted by Gasteiger charge is 2.17. The second-order valence-corrected chi connectivity index (χ2v) is 5.54. The lowest BCUT2D eigenvalue weighted by Gasteiger charge is -2.09. The van der Waals surface area contributed by atoms with Crippen molar-refractivity contribution in [1.29, 1.82) is 0 Å². The first kappa shape index (κ1) is 16.7. The standard InChI is InChI=1S/C15H14ClN7O2/c16-11-1-3-12(4-2-11)21-15-18-9-13(23(24)25)14(22-15)17-6-5-10-7-19-20-8-10/h1-4,7-9H,5-6H2,(H,19,20)(H2,17,18,21,22). The maximum absolute atomic E-state index is 11.2. The number of hydrogen-bond donors (Lipinski definition) is 3. The summed E-state index contributed by atoms with van der Waals surface area (Å²) < 4.78 is 0. The predicted molar refractivity (Wildman–Crippen MR) is 94.2 cm³/mol. The van der Waals surface area contributed by atoms with Gasteiger partial charge in [0.25, 0.3) is 0 Å². The van der Waals surface area contributed by atoms with Gasteiger partial charge in [-0.05, 0) is 36.2 Å². The van der Waals surface area contributed by atoms with Gasteiger partial charge < -0.3 is 10.6 Å². The highest BCUT2D eigenvalue weighted by molar-refractivity contribution is 6.30. The van der Waals surface area contributed by atoms with Crippen molar-refractivity contribution in [2.45, 2.75) is 6.42 Å². The molecule has 0 aliphatic rings. The van der Waals surface area contributed by atoms with Crippen LogP contribution in [0.5, 0.6) is 0 Å². The summed E-state index contributed by atoms with van der Waals surface area (Å²) in [6, 6.07) is 6.97. The van der Waals surface area contributed by atoms with Crippen LogP contribution in [0.2, 0.25) is 5.02 Å². The Bertz CT molecular complexity index is 853. The Morgan fingerprint density at radius 2 is 2.04 bits per heavy atom. The molecule has 3 aromatic rings. The fourth-order valence-electron chi connectivity index (χ4n) is 2.10. The van der Waals surface area contributed by atoms with Gasteiger partial charge in [0.05, 0.1) is 11.1 Å². The third-order valence-corrected chi connectivity index (χ3v) is 3.58. The van der Waals surface area contributed by atoms with Crippen LogP contribution in [0.15, 0.2) is 42.9 Å². The Hall–Kier alpha value is -3.20. The van der Waals surface area contributed by atoms with Crippen molar-refractivity contribution in [3.63, 3.8) is 0 Å². The van der Waals surface area contributed by atoms with E-state index in [1.807, 2.05) is 0 Å². The average molecular weight is 360 g/mol. The molecular formula is C15H14ClN7O2. The molecule has 3 N–H and O–H groups in total. The van der Waals surface area contributed by atoms with Crippen molar-refractivity contribution in [3.05, 3.63) is 63.6 Å². The minimum Gasteiger partial charge on any atom is -0.364 e. The zero-order valence-corrected chi connectivity index (χ0v) is 13.7. The maximum Gasteiger partial charge on any atom is 0.329 e. The monoisotopic (exact) mass is 359 g/mol. The molecule has 0 amide bonds. The van der Waals surface area contributed by atoms with E-state index in [0.717, 1.165) is 11.3 Å². The molecule has 0 aliphatic carbocycles. The molecule has 0 aliphatic heterocycles. The first-order valence-corrected chi connectivity index (χ1v) is 7.75. The highest BCUT2D eigenvalue weighted by atomic mass is 35.5. The summed E-state index contributed by atoms with van der Waals surface area (Å²) in [6.45, 7) is 0.470. The smallest absolute Gasteiger partial charge is 0.329 e. The number of aromatic nitrogens is 4. The van der Waals surface area contributed by atoms with Gasteiger partial charge in [-0.15, -0.1) is 0 Å². The number of nitro groups is 1. The molecule has 0 spiro atoms. The van der Waals surface area contributed by atoms with Gasteiger partial charge in [-0.25, -0.2) is 4.98 Å². The van der Waals surface area contributed by atoms with Gasteiger partial charge in [0.15, 0.2) is 0 Å². The number of benzene rings is 1. The largest absolute Gasteiger partial charge is 0.364 e. The molecule has 10 heteroatoms. The number of aromatic amines is 1. The molecule has 3 rings (SSSR count). The molecule has 0 saturated carbocycles. The molecule has 2 aromatic heterocycles. The van der Waals surface area contributed by atoms with E-state index >= 15 is 0 Å². The molecule has 0 unspecified atom stereocenters. The van der Waals surface area contributed by atoms with E-state index in [4.69, 9.17) is 11.6 Å². The number of anilines is 3. The van der Waals surface area contributed by atoms with Crippen LogP contribution in [-0.2, 0) is 6.42 Å². The van der Waals surface area contributed by atoms with Crippen molar-refractivity contribution in [2.75, 3.05) is 17.2 Å². The number of rotatable bonds is 7. The van der Waals surface area contributed by atoms with Crippen LogP contribution in [0.3, 0.4) is 0 Å². The van der Waals surface area contributed by atoms with Gasteiger partial charge in [-0.2, -0.15) is 10.1 Å². The Labute approximate surface area is 147 Å². The Morgan fingerprint density at radius 1 is 1.24 bits per heavy atom. The first-order chi connectivity index (χ1) is 12.1. The highest BCUT2D eigenvalue weighted by Crippen LogP contribution is 2.24. The van der Waals surface area contributed by atoms with Gasteiger partial charge >= 0.3 is 5.69 Å². The quantitative estimate of drug-likeness (QED) is 0.437. The Balaban J connectivity index is 1.74. The summed E-state index contributed by atoms with van der Waals surface area (Å²) in [6.07, 6.45) is 5.29. The number of H-pyrrole nitrogens is 1. The summed E-state index contributed by atoms with van der Waals surface area (Å²) in [5.41, 5.74) is 1.53. The van der Waals surface area contributed by atoms with Crippen molar-refractivity contribution in [2.24, 2.45) is 0 Å². The van der Waals surface area contributed by atoms with Crippen LogP contribution >= 0.6 is 11.6 Å². The van der Waals surface area contributed by atoms with Crippen molar-refractivity contribution >= 4 is 34.7 Å². The molecule has 1 aromatic carbocycles. The van der Waals surface area contributed by atoms with Gasteiger partial charge in [0, 0.05) is 23.5 Å². The summed E-state index contributed by atoms with van der Waals surface area (Å²) in [4.78, 5) is 18.8. The lowest BCUT2D eigenvalue weighted by molar-refractivity contribution is -0.384. The van der Waals surface area contributed by atoms with Gasteiger partial charge in [-0.3, -0.25) is 15.2 Å². The van der Waals surface area contributed by atoms with Gasteiger partial charge in [0.2, 0.25) is 11.8 Å². The van der Waals surface area contributed by atoms with Crippen LogP contribution in [0.25, 0.3) is 0 Å². The van der Waals surface area contributed by atoms with Crippen molar-refractivity contribution < 1.29 is 4.92 Å². The van der Waals surface area contributed by atoms with Gasteiger partial charge in [-0.1, -0.05) is 11.6 Å². The molecular weight excluding hydrogens is 346 g/mol. The van der Waals surface area contributed by atoms with Gasteiger partial charge in [0.1, 0.15) is 6.20 Å². The lowest BCUT2D eigenvalue weighted by atomic mass is 10.2. The number of hydrogen-bond acceptors (Lipinski definition) is 7. The summed E-state index contributed by atoms with van der Waals surface area (Å²) in [5.74, 6) is 0.402. The molecule has 9 nitrogen and oxygen atoms in total. The fraction of sp³-hybridized carbons (Fsp3) is 0.133. The SMILES string of the molecule is O=[N+]([O-])c1cnc(Nc2ccc(Cl)cc2)nc1NCCc1cn[nH]c1. The van der Waals surface area contributed by atoms with E-state index < -0.39 is 4.92 Å². The topological polar surface area (TPSA) is 122 Å². The first-order valence-electron chi connectivity index (χ1n) is 7.37. The summed E-state index contributed by atoms with van der Waals surface area (Å²) in [5, 5.41) is 24.3. The molecule has 0 fully saturated rings. The number of halogens is 1. The summed E-state index contributed by atoms with van der Waals surface area (Å²) in [7, 11) is 0. The maximum atomic E-state index is 11.2. The molecule has 25 heavy (non-hydrogen) atoms. The molecule has 0 radical (unpaired) electrons. The van der Waals surface area contributed by atoms with Crippen molar-refractivity contribution in [3.8, 4) is 0 Å². The van der Waals surface area contributed by atoms with E-state index in [2.05, 4.69) is 30.8 Å². The normalized spacial score (nSPS) is 10.4. The van der Waals surface area contributed by atoms with Crippen LogP contribution in [-0.4, -0.2) is 31.6 Å². The molecule has 0 bridgehead atoms. The minimum atomic E-state index is -0.522. The van der Waals surface area contributed by atoms with Crippen molar-refractivity contribution in [1.82, 2.24) is 20.2 Å². The molecule has 2 heterocycles. The zero-order chi connectivity index (χ0) is 17.6. The minimum absolute atomic E-state index is 0.153. The molecule has 128 valence electrons.